The number of hydrogen-bond acceptors (Lipinski definition) is 2. The van der Waals surface area contributed by atoms with Crippen LogP contribution < -0.4 is 11.0 Å². The summed E-state index contributed by atoms with van der Waals surface area (Å²) in [6.07, 6.45) is 4.78. The normalized spacial score (nSPS) is 9.79. The van der Waals surface area contributed by atoms with Crippen LogP contribution in [0.5, 0.6) is 0 Å². The number of amides is 1. The number of aromatic nitrogens is 2. The molecule has 14 heavy (non-hydrogen) atoms. The van der Waals surface area contributed by atoms with E-state index in [1.54, 1.807) is 25.5 Å². The second kappa shape index (κ2) is 4.45. The Hall–Kier alpha value is -1.78. The van der Waals surface area contributed by atoms with Gasteiger partial charge in [-0.2, -0.15) is 0 Å². The number of nitrogens with one attached hydrogen (secondary N) is 1. The molecule has 76 valence electrons. The minimum absolute atomic E-state index is 0.0491. The summed E-state index contributed by atoms with van der Waals surface area (Å²) in [5.41, 5.74) is -0.196. The topological polar surface area (TPSA) is 56.0 Å². The molecule has 0 fully saturated rings. The summed E-state index contributed by atoms with van der Waals surface area (Å²) < 4.78 is 2.76. The van der Waals surface area contributed by atoms with Crippen molar-refractivity contribution in [3.05, 3.63) is 35.5 Å². The van der Waals surface area contributed by atoms with Crippen LogP contribution >= 0.6 is 0 Å². The van der Waals surface area contributed by atoms with Crippen molar-refractivity contribution in [3.8, 4) is 0 Å². The third-order valence-electron chi connectivity index (χ3n) is 1.78. The Morgan fingerprint density at radius 1 is 1.64 bits per heavy atom. The summed E-state index contributed by atoms with van der Waals surface area (Å²) in [4.78, 5) is 22.5. The zero-order valence-electron chi connectivity index (χ0n) is 8.06. The van der Waals surface area contributed by atoms with E-state index < -0.39 is 0 Å². The first-order valence-electron chi connectivity index (χ1n) is 4.24. The molecule has 1 aromatic rings. The molecule has 0 spiro atoms. The fraction of sp³-hybridized carbons (Fsp3) is 0.333. The van der Waals surface area contributed by atoms with Crippen LogP contribution in [0.1, 0.15) is 0 Å². The fourth-order valence-corrected chi connectivity index (χ4v) is 1.03. The van der Waals surface area contributed by atoms with Gasteiger partial charge < -0.3 is 9.88 Å². The zero-order chi connectivity index (χ0) is 10.6. The molecule has 0 aliphatic heterocycles. The highest BCUT2D eigenvalue weighted by atomic mass is 16.2. The summed E-state index contributed by atoms with van der Waals surface area (Å²) >= 11 is 0. The van der Waals surface area contributed by atoms with Crippen molar-refractivity contribution in [2.45, 2.75) is 6.54 Å². The molecule has 5 nitrogen and oxygen atoms in total. The van der Waals surface area contributed by atoms with E-state index in [2.05, 4.69) is 11.9 Å². The quantitative estimate of drug-likeness (QED) is 0.658. The van der Waals surface area contributed by atoms with Crippen molar-refractivity contribution in [2.75, 3.05) is 6.54 Å². The molecule has 1 rings (SSSR count). The van der Waals surface area contributed by atoms with E-state index in [9.17, 15) is 9.59 Å². The SMILES string of the molecule is C=CCNC(=O)Cn1ccn(C)c1=O. The van der Waals surface area contributed by atoms with E-state index in [0.717, 1.165) is 0 Å². The highest BCUT2D eigenvalue weighted by molar-refractivity contribution is 5.75. The van der Waals surface area contributed by atoms with Crippen LogP contribution in [-0.2, 0) is 18.4 Å². The number of hydrogen-bond donors (Lipinski definition) is 1. The van der Waals surface area contributed by atoms with E-state index in [-0.39, 0.29) is 18.1 Å². The van der Waals surface area contributed by atoms with Crippen molar-refractivity contribution in [1.29, 1.82) is 0 Å². The van der Waals surface area contributed by atoms with Gasteiger partial charge in [-0.1, -0.05) is 6.08 Å². The van der Waals surface area contributed by atoms with E-state index in [4.69, 9.17) is 0 Å². The molecule has 0 radical (unpaired) electrons. The molecule has 0 aromatic carbocycles. The second-order valence-electron chi connectivity index (χ2n) is 2.91. The van der Waals surface area contributed by atoms with Gasteiger partial charge in [-0.3, -0.25) is 9.36 Å². The van der Waals surface area contributed by atoms with Crippen LogP contribution in [-0.4, -0.2) is 21.6 Å². The number of rotatable bonds is 4. The zero-order valence-corrected chi connectivity index (χ0v) is 8.06. The number of aryl methyl sites for hydroxylation is 1. The maximum Gasteiger partial charge on any atom is 0.328 e. The van der Waals surface area contributed by atoms with Crippen LogP contribution in [0.3, 0.4) is 0 Å². The molecule has 1 heterocycles. The van der Waals surface area contributed by atoms with Gasteiger partial charge in [0.05, 0.1) is 0 Å². The minimum atomic E-state index is -0.196. The second-order valence-corrected chi connectivity index (χ2v) is 2.91. The molecular weight excluding hydrogens is 182 g/mol. The summed E-state index contributed by atoms with van der Waals surface area (Å²) in [6.45, 7) is 3.94. The van der Waals surface area contributed by atoms with Gasteiger partial charge in [-0.05, 0) is 0 Å². The van der Waals surface area contributed by atoms with Gasteiger partial charge in [0.15, 0.2) is 0 Å². The summed E-state index contributed by atoms with van der Waals surface area (Å²) in [7, 11) is 1.64. The molecule has 0 unspecified atom stereocenters. The van der Waals surface area contributed by atoms with Gasteiger partial charge in [0, 0.05) is 26.0 Å². The largest absolute Gasteiger partial charge is 0.351 e. The molecule has 5 heteroatoms. The maximum absolute atomic E-state index is 11.3. The van der Waals surface area contributed by atoms with Crippen LogP contribution in [0, 0.1) is 0 Å². The Bertz CT molecular complexity index is 389. The molecule has 0 saturated heterocycles. The van der Waals surface area contributed by atoms with Gasteiger partial charge in [0.2, 0.25) is 5.91 Å². The average molecular weight is 195 g/mol. The van der Waals surface area contributed by atoms with Crippen LogP contribution in [0.25, 0.3) is 0 Å². The Kier molecular flexibility index (Phi) is 3.28. The third kappa shape index (κ3) is 2.35. The van der Waals surface area contributed by atoms with Crippen molar-refractivity contribution >= 4 is 5.91 Å². The lowest BCUT2D eigenvalue weighted by Gasteiger charge is -2.01. The van der Waals surface area contributed by atoms with Gasteiger partial charge in [0.1, 0.15) is 6.54 Å². The smallest absolute Gasteiger partial charge is 0.328 e. The van der Waals surface area contributed by atoms with Crippen molar-refractivity contribution in [2.24, 2.45) is 7.05 Å². The number of carbonyl (C=O) groups excluding carboxylic acids is 1. The first-order chi connectivity index (χ1) is 6.65. The lowest BCUT2D eigenvalue weighted by Crippen LogP contribution is -2.32. The first kappa shape index (κ1) is 10.3. The monoisotopic (exact) mass is 195 g/mol. The highest BCUT2D eigenvalue weighted by Crippen LogP contribution is 1.82. The van der Waals surface area contributed by atoms with Crippen molar-refractivity contribution < 1.29 is 4.79 Å². The third-order valence-corrected chi connectivity index (χ3v) is 1.78. The highest BCUT2D eigenvalue weighted by Gasteiger charge is 2.04. The Balaban J connectivity index is 2.60. The summed E-state index contributed by atoms with van der Waals surface area (Å²) in [5.74, 6) is -0.196. The maximum atomic E-state index is 11.3. The molecule has 1 amide bonds. The van der Waals surface area contributed by atoms with Crippen LogP contribution in [0.4, 0.5) is 0 Å². The van der Waals surface area contributed by atoms with E-state index in [1.807, 2.05) is 0 Å². The first-order valence-corrected chi connectivity index (χ1v) is 4.24. The summed E-state index contributed by atoms with van der Waals surface area (Å²) in [5, 5.41) is 2.59. The fourth-order valence-electron chi connectivity index (χ4n) is 1.03. The summed E-state index contributed by atoms with van der Waals surface area (Å²) in [6, 6.07) is 0. The molecule has 0 bridgehead atoms. The van der Waals surface area contributed by atoms with E-state index in [1.165, 1.54) is 9.13 Å². The van der Waals surface area contributed by atoms with E-state index >= 15 is 0 Å². The van der Waals surface area contributed by atoms with Gasteiger partial charge in [-0.15, -0.1) is 6.58 Å². The molecule has 0 aliphatic rings. The molecule has 1 aromatic heterocycles. The lowest BCUT2D eigenvalue weighted by molar-refractivity contribution is -0.121. The molecule has 0 aliphatic carbocycles. The Labute approximate surface area is 81.7 Å². The molecule has 0 saturated carbocycles. The van der Waals surface area contributed by atoms with Gasteiger partial charge >= 0.3 is 5.69 Å². The minimum Gasteiger partial charge on any atom is -0.351 e. The average Bonchev–Trinajstić information content (AvgIpc) is 2.46. The van der Waals surface area contributed by atoms with Crippen molar-refractivity contribution in [1.82, 2.24) is 14.5 Å². The predicted molar refractivity (Wildman–Crippen MR) is 52.9 cm³/mol. The lowest BCUT2D eigenvalue weighted by atomic mass is 10.5. The van der Waals surface area contributed by atoms with Crippen LogP contribution in [0.15, 0.2) is 29.8 Å². The number of nitrogens with zero attached hydrogens (tertiary/aromatic N) is 2. The number of carbonyl (C=O) groups is 1. The van der Waals surface area contributed by atoms with Gasteiger partial charge in [-0.25, -0.2) is 4.79 Å². The molecule has 0 atom stereocenters. The molecular formula is C9H13N3O2. The van der Waals surface area contributed by atoms with Crippen molar-refractivity contribution in [3.63, 3.8) is 0 Å². The number of imidazole rings is 1. The van der Waals surface area contributed by atoms with E-state index in [0.29, 0.717) is 6.54 Å². The Morgan fingerprint density at radius 3 is 2.86 bits per heavy atom. The predicted octanol–water partition coefficient (Wildman–Crippen LogP) is -0.511. The standard InChI is InChI=1S/C9H13N3O2/c1-3-4-10-8(13)7-12-6-5-11(2)9(12)14/h3,5-6H,1,4,7H2,2H3,(H,10,13). The van der Waals surface area contributed by atoms with Gasteiger partial charge in [0.25, 0.3) is 0 Å². The van der Waals surface area contributed by atoms with Crippen LogP contribution in [0.2, 0.25) is 0 Å². The molecule has 1 N–H and O–H groups in total. The Morgan fingerprint density at radius 2 is 2.36 bits per heavy atom.